The van der Waals surface area contributed by atoms with E-state index < -0.39 is 0 Å². The zero-order chi connectivity index (χ0) is 14.1. The number of thiophene rings is 1. The fourth-order valence-corrected chi connectivity index (χ4v) is 3.66. The van der Waals surface area contributed by atoms with Crippen molar-refractivity contribution in [3.63, 3.8) is 0 Å². The minimum atomic E-state index is 0.0918. The molecule has 1 aromatic carbocycles. The van der Waals surface area contributed by atoms with E-state index in [4.69, 9.17) is 9.47 Å². The smallest absolute Gasteiger partial charge is 0.177 e. The molecule has 1 aromatic heterocycles. The second-order valence-corrected chi connectivity index (χ2v) is 6.43. The lowest BCUT2D eigenvalue weighted by Crippen LogP contribution is -2.03. The quantitative estimate of drug-likeness (QED) is 0.783. The van der Waals surface area contributed by atoms with Gasteiger partial charge in [-0.05, 0) is 17.7 Å². The minimum Gasteiger partial charge on any atom is -0.496 e. The highest BCUT2D eigenvalue weighted by Crippen LogP contribution is 2.34. The first kappa shape index (κ1) is 13.6. The van der Waals surface area contributed by atoms with Gasteiger partial charge in [0.1, 0.15) is 11.5 Å². The number of halogens is 1. The monoisotopic (exact) mass is 352 g/mol. The van der Waals surface area contributed by atoms with Crippen LogP contribution in [0.1, 0.15) is 20.8 Å². The van der Waals surface area contributed by atoms with Crippen LogP contribution in [0, 0.1) is 0 Å². The Morgan fingerprint density at radius 3 is 3.05 bits per heavy atom. The Labute approximate surface area is 129 Å². The molecule has 104 valence electrons. The van der Waals surface area contributed by atoms with E-state index in [1.54, 1.807) is 13.2 Å². The number of hydrogen-bond acceptors (Lipinski definition) is 4. The third-order valence-corrected chi connectivity index (χ3v) is 4.67. The number of benzene rings is 1. The first-order valence-electron chi connectivity index (χ1n) is 6.27. The maximum atomic E-state index is 12.3. The molecular formula is C15H13BrO3S. The maximum Gasteiger partial charge on any atom is 0.177 e. The van der Waals surface area contributed by atoms with Crippen molar-refractivity contribution in [3.05, 3.63) is 44.1 Å². The number of ether oxygens (including phenoxy) is 2. The van der Waals surface area contributed by atoms with E-state index in [1.807, 2.05) is 11.4 Å². The normalized spacial score (nSPS) is 12.9. The molecule has 1 aliphatic rings. The minimum absolute atomic E-state index is 0.0918. The summed E-state index contributed by atoms with van der Waals surface area (Å²) in [5.74, 6) is 1.70. The van der Waals surface area contributed by atoms with Crippen LogP contribution in [-0.4, -0.2) is 19.5 Å². The molecule has 2 aromatic rings. The summed E-state index contributed by atoms with van der Waals surface area (Å²) >= 11 is 4.90. The highest BCUT2D eigenvalue weighted by molar-refractivity contribution is 9.10. The van der Waals surface area contributed by atoms with Crippen molar-refractivity contribution in [2.24, 2.45) is 0 Å². The lowest BCUT2D eigenvalue weighted by Gasteiger charge is -2.08. The topological polar surface area (TPSA) is 35.5 Å². The van der Waals surface area contributed by atoms with Gasteiger partial charge in [-0.15, -0.1) is 11.3 Å². The summed E-state index contributed by atoms with van der Waals surface area (Å²) in [7, 11) is 1.60. The summed E-state index contributed by atoms with van der Waals surface area (Å²) in [6.45, 7) is 0.694. The van der Waals surface area contributed by atoms with E-state index >= 15 is 0 Å². The Hall–Kier alpha value is -1.33. The van der Waals surface area contributed by atoms with Crippen LogP contribution in [-0.2, 0) is 12.8 Å². The van der Waals surface area contributed by atoms with Gasteiger partial charge in [-0.25, -0.2) is 0 Å². The molecule has 20 heavy (non-hydrogen) atoms. The number of ketones is 1. The predicted molar refractivity (Wildman–Crippen MR) is 82.2 cm³/mol. The number of rotatable bonds is 4. The van der Waals surface area contributed by atoms with E-state index in [1.165, 1.54) is 16.9 Å². The summed E-state index contributed by atoms with van der Waals surface area (Å²) in [6.07, 6.45) is 1.26. The Bertz CT molecular complexity index is 663. The largest absolute Gasteiger partial charge is 0.496 e. The number of fused-ring (bicyclic) bond motifs is 1. The van der Waals surface area contributed by atoms with Crippen molar-refractivity contribution in [2.75, 3.05) is 13.7 Å². The lowest BCUT2D eigenvalue weighted by molar-refractivity contribution is 0.0995. The third-order valence-electron chi connectivity index (χ3n) is 3.26. The molecule has 0 radical (unpaired) electrons. The van der Waals surface area contributed by atoms with Crippen molar-refractivity contribution in [1.29, 1.82) is 0 Å². The second kappa shape index (κ2) is 5.58. The molecule has 2 heterocycles. The van der Waals surface area contributed by atoms with Crippen molar-refractivity contribution in [1.82, 2.24) is 0 Å². The van der Waals surface area contributed by atoms with Crippen LogP contribution in [0.25, 0.3) is 0 Å². The molecule has 0 N–H and O–H groups in total. The first-order valence-corrected chi connectivity index (χ1v) is 7.94. The van der Waals surface area contributed by atoms with Gasteiger partial charge in [0, 0.05) is 34.3 Å². The summed E-state index contributed by atoms with van der Waals surface area (Å²) < 4.78 is 11.8. The van der Waals surface area contributed by atoms with E-state index in [0.29, 0.717) is 17.9 Å². The molecule has 0 spiro atoms. The number of methoxy groups -OCH3 is 1. The summed E-state index contributed by atoms with van der Waals surface area (Å²) in [5.41, 5.74) is 2.12. The lowest BCUT2D eigenvalue weighted by atomic mass is 10.0. The van der Waals surface area contributed by atoms with Crippen LogP contribution in [0.5, 0.6) is 11.5 Å². The Balaban J connectivity index is 1.86. The molecule has 0 bridgehead atoms. The Morgan fingerprint density at radius 1 is 1.45 bits per heavy atom. The average Bonchev–Trinajstić information content (AvgIpc) is 3.06. The van der Waals surface area contributed by atoms with Crippen LogP contribution >= 0.6 is 27.3 Å². The molecular weight excluding hydrogens is 340 g/mol. The third kappa shape index (κ3) is 2.60. The van der Waals surface area contributed by atoms with E-state index in [2.05, 4.69) is 22.0 Å². The SMILES string of the molecule is COc1csc(C(=O)Cc2cc(Br)cc3c2OCC3)c1. The van der Waals surface area contributed by atoms with Crippen LogP contribution in [0.15, 0.2) is 28.1 Å². The standard InChI is InChI=1S/C15H13BrO3S/c1-18-12-7-14(20-8-12)13(17)6-10-5-11(16)4-9-2-3-19-15(9)10/h4-5,7-8H,2-3,6H2,1H3. The Kier molecular flexibility index (Phi) is 3.81. The molecule has 0 aliphatic carbocycles. The molecule has 1 aliphatic heterocycles. The van der Waals surface area contributed by atoms with Crippen molar-refractivity contribution < 1.29 is 14.3 Å². The fourth-order valence-electron chi connectivity index (χ4n) is 2.31. The maximum absolute atomic E-state index is 12.3. The van der Waals surface area contributed by atoms with Gasteiger partial charge in [-0.3, -0.25) is 4.79 Å². The van der Waals surface area contributed by atoms with Crippen molar-refractivity contribution in [2.45, 2.75) is 12.8 Å². The van der Waals surface area contributed by atoms with E-state index in [0.717, 1.165) is 28.0 Å². The fraction of sp³-hybridized carbons (Fsp3) is 0.267. The van der Waals surface area contributed by atoms with E-state index in [-0.39, 0.29) is 5.78 Å². The van der Waals surface area contributed by atoms with Crippen molar-refractivity contribution >= 4 is 33.0 Å². The molecule has 0 unspecified atom stereocenters. The summed E-state index contributed by atoms with van der Waals surface area (Å²) in [5, 5.41) is 1.84. The second-order valence-electron chi connectivity index (χ2n) is 4.60. The molecule has 0 amide bonds. The molecule has 0 fully saturated rings. The zero-order valence-corrected chi connectivity index (χ0v) is 13.3. The number of hydrogen-bond donors (Lipinski definition) is 0. The van der Waals surface area contributed by atoms with Crippen LogP contribution < -0.4 is 9.47 Å². The van der Waals surface area contributed by atoms with Gasteiger partial charge < -0.3 is 9.47 Å². The van der Waals surface area contributed by atoms with Crippen LogP contribution in [0.3, 0.4) is 0 Å². The van der Waals surface area contributed by atoms with Gasteiger partial charge in [-0.2, -0.15) is 0 Å². The summed E-state index contributed by atoms with van der Waals surface area (Å²) in [6, 6.07) is 5.81. The van der Waals surface area contributed by atoms with Gasteiger partial charge in [0.2, 0.25) is 0 Å². The van der Waals surface area contributed by atoms with Gasteiger partial charge >= 0.3 is 0 Å². The zero-order valence-electron chi connectivity index (χ0n) is 10.9. The highest BCUT2D eigenvalue weighted by atomic mass is 79.9. The highest BCUT2D eigenvalue weighted by Gasteiger charge is 2.20. The molecule has 3 rings (SSSR count). The first-order chi connectivity index (χ1) is 9.67. The number of Topliss-reactive ketones (excluding diaryl/α,β-unsaturated/α-hetero) is 1. The average molecular weight is 353 g/mol. The van der Waals surface area contributed by atoms with Gasteiger partial charge in [0.25, 0.3) is 0 Å². The van der Waals surface area contributed by atoms with Crippen LogP contribution in [0.2, 0.25) is 0 Å². The Morgan fingerprint density at radius 2 is 2.30 bits per heavy atom. The molecule has 5 heteroatoms. The van der Waals surface area contributed by atoms with Gasteiger partial charge in [0.15, 0.2) is 5.78 Å². The number of carbonyl (C=O) groups is 1. The molecule has 0 saturated carbocycles. The van der Waals surface area contributed by atoms with E-state index in [9.17, 15) is 4.79 Å². The molecule has 0 atom stereocenters. The predicted octanol–water partition coefficient (Wildman–Crippen LogP) is 3.88. The summed E-state index contributed by atoms with van der Waals surface area (Å²) in [4.78, 5) is 13.1. The van der Waals surface area contributed by atoms with Crippen LogP contribution in [0.4, 0.5) is 0 Å². The van der Waals surface area contributed by atoms with Crippen molar-refractivity contribution in [3.8, 4) is 11.5 Å². The molecule has 3 nitrogen and oxygen atoms in total. The molecule has 0 saturated heterocycles. The number of carbonyl (C=O) groups excluding carboxylic acids is 1. The van der Waals surface area contributed by atoms with Gasteiger partial charge in [0.05, 0.1) is 18.6 Å². The van der Waals surface area contributed by atoms with Gasteiger partial charge in [-0.1, -0.05) is 15.9 Å².